The number of nitrogens with zero attached hydrogens (tertiary/aromatic N) is 1. The van der Waals surface area contributed by atoms with E-state index in [0.29, 0.717) is 5.41 Å². The van der Waals surface area contributed by atoms with E-state index < -0.39 is 0 Å². The number of hydrogen-bond acceptors (Lipinski definition) is 1. The van der Waals surface area contributed by atoms with E-state index in [1.807, 2.05) is 35.4 Å². The van der Waals surface area contributed by atoms with Gasteiger partial charge in [0.2, 0.25) is 0 Å². The van der Waals surface area contributed by atoms with Gasteiger partial charge in [-0.3, -0.25) is 4.79 Å². The lowest BCUT2D eigenvalue weighted by molar-refractivity contribution is 0.0559. The Bertz CT molecular complexity index is 629. The molecule has 1 aromatic carbocycles. The highest BCUT2D eigenvalue weighted by Gasteiger charge is 2.33. The molecule has 2 aromatic rings. The summed E-state index contributed by atoms with van der Waals surface area (Å²) in [5, 5.41) is 1.03. The molecule has 3 nitrogen and oxygen atoms in total. The summed E-state index contributed by atoms with van der Waals surface area (Å²) in [4.78, 5) is 18.0. The van der Waals surface area contributed by atoms with Gasteiger partial charge in [-0.1, -0.05) is 32.8 Å². The number of fused-ring (bicyclic) bond motifs is 1. The molecule has 3 heteroatoms. The van der Waals surface area contributed by atoms with Crippen LogP contribution in [-0.2, 0) is 0 Å². The van der Waals surface area contributed by atoms with Gasteiger partial charge in [0.05, 0.1) is 0 Å². The van der Waals surface area contributed by atoms with Crippen LogP contribution in [0.3, 0.4) is 0 Å². The van der Waals surface area contributed by atoms with E-state index in [4.69, 9.17) is 0 Å². The van der Waals surface area contributed by atoms with Crippen molar-refractivity contribution in [3.05, 3.63) is 36.0 Å². The number of nitrogens with one attached hydrogen (secondary N) is 1. The van der Waals surface area contributed by atoms with Crippen LogP contribution >= 0.6 is 0 Å². The van der Waals surface area contributed by atoms with Crippen LogP contribution in [0.4, 0.5) is 0 Å². The Hall–Kier alpha value is -1.77. The number of amides is 1. The van der Waals surface area contributed by atoms with E-state index >= 15 is 0 Å². The number of hydrogen-bond donors (Lipinski definition) is 1. The van der Waals surface area contributed by atoms with Crippen LogP contribution in [0.5, 0.6) is 0 Å². The summed E-state index contributed by atoms with van der Waals surface area (Å²) in [6, 6.07) is 7.91. The third kappa shape index (κ3) is 2.45. The fourth-order valence-corrected chi connectivity index (χ4v) is 3.58. The van der Waals surface area contributed by atoms with Crippen molar-refractivity contribution in [3.8, 4) is 0 Å². The summed E-state index contributed by atoms with van der Waals surface area (Å²) < 4.78 is 0. The normalized spacial score (nSPS) is 18.1. The highest BCUT2D eigenvalue weighted by Crippen LogP contribution is 2.38. The van der Waals surface area contributed by atoms with Crippen LogP contribution in [0, 0.1) is 5.41 Å². The number of carbonyl (C=O) groups excluding carboxylic acids is 1. The lowest BCUT2D eigenvalue weighted by Crippen LogP contribution is -2.42. The molecule has 0 saturated carbocycles. The molecule has 0 atom stereocenters. The molecular weight excluding hydrogens is 260 g/mol. The van der Waals surface area contributed by atoms with Gasteiger partial charge in [0.25, 0.3) is 5.91 Å². The fraction of sp³-hybridized carbons (Fsp3) is 0.500. The first-order chi connectivity index (χ1) is 10.2. The van der Waals surface area contributed by atoms with E-state index in [9.17, 15) is 4.79 Å². The minimum Gasteiger partial charge on any atom is -0.361 e. The number of rotatable bonds is 3. The minimum atomic E-state index is 0.181. The average molecular weight is 284 g/mol. The summed E-state index contributed by atoms with van der Waals surface area (Å²) in [7, 11) is 0. The molecule has 1 aromatic heterocycles. The van der Waals surface area contributed by atoms with E-state index in [1.165, 1.54) is 12.8 Å². The largest absolute Gasteiger partial charge is 0.361 e. The van der Waals surface area contributed by atoms with Crippen LogP contribution in [0.1, 0.15) is 49.9 Å². The zero-order chi connectivity index (χ0) is 14.9. The van der Waals surface area contributed by atoms with Gasteiger partial charge in [-0.15, -0.1) is 0 Å². The Morgan fingerprint density at radius 3 is 2.57 bits per heavy atom. The van der Waals surface area contributed by atoms with Crippen LogP contribution in [0.25, 0.3) is 10.9 Å². The van der Waals surface area contributed by atoms with Crippen LogP contribution in [0.2, 0.25) is 0 Å². The molecule has 1 aliphatic rings. The fourth-order valence-electron chi connectivity index (χ4n) is 3.58. The summed E-state index contributed by atoms with van der Waals surface area (Å²) in [5.41, 5.74) is 2.32. The van der Waals surface area contributed by atoms with E-state index in [-0.39, 0.29) is 5.91 Å². The van der Waals surface area contributed by atoms with Crippen molar-refractivity contribution in [1.82, 2.24) is 9.88 Å². The molecule has 0 unspecified atom stereocenters. The predicted molar refractivity (Wildman–Crippen MR) is 86.5 cm³/mol. The van der Waals surface area contributed by atoms with Gasteiger partial charge in [0.1, 0.15) is 0 Å². The van der Waals surface area contributed by atoms with Gasteiger partial charge in [-0.2, -0.15) is 0 Å². The van der Waals surface area contributed by atoms with E-state index in [2.05, 4.69) is 18.8 Å². The number of aromatic nitrogens is 1. The lowest BCUT2D eigenvalue weighted by atomic mass is 9.74. The summed E-state index contributed by atoms with van der Waals surface area (Å²) in [6.45, 7) is 6.34. The molecule has 3 rings (SSSR count). The number of likely N-dealkylation sites (tertiary alicyclic amines) is 1. The standard InChI is InChI=1S/C18H24N2O/c1-3-18(4-2)9-12-20(13-10-18)17(21)15-6-5-7-16-14(15)8-11-19-16/h5-8,11,19H,3-4,9-10,12-13H2,1-2H3. The Balaban J connectivity index is 1.80. The number of aromatic amines is 1. The molecule has 1 amide bonds. The second-order valence-electron chi connectivity index (χ2n) is 6.24. The third-order valence-corrected chi connectivity index (χ3v) is 5.44. The van der Waals surface area contributed by atoms with E-state index in [0.717, 1.165) is 42.4 Å². The second kappa shape index (κ2) is 5.55. The van der Waals surface area contributed by atoms with Crippen molar-refractivity contribution in [2.24, 2.45) is 5.41 Å². The molecule has 1 N–H and O–H groups in total. The van der Waals surface area contributed by atoms with Gasteiger partial charge in [0.15, 0.2) is 0 Å². The third-order valence-electron chi connectivity index (χ3n) is 5.44. The highest BCUT2D eigenvalue weighted by molar-refractivity contribution is 6.06. The van der Waals surface area contributed by atoms with Gasteiger partial charge in [0, 0.05) is 35.8 Å². The maximum Gasteiger partial charge on any atom is 0.254 e. The number of piperidine rings is 1. The van der Waals surface area contributed by atoms with Gasteiger partial charge in [-0.25, -0.2) is 0 Å². The average Bonchev–Trinajstić information content (AvgIpc) is 3.03. The lowest BCUT2D eigenvalue weighted by Gasteiger charge is -2.41. The first-order valence-electron chi connectivity index (χ1n) is 8.04. The molecular formula is C18H24N2O. The number of benzene rings is 1. The maximum absolute atomic E-state index is 12.8. The van der Waals surface area contributed by atoms with Crippen molar-refractivity contribution in [1.29, 1.82) is 0 Å². The highest BCUT2D eigenvalue weighted by atomic mass is 16.2. The van der Waals surface area contributed by atoms with Gasteiger partial charge < -0.3 is 9.88 Å². The molecule has 1 saturated heterocycles. The molecule has 2 heterocycles. The smallest absolute Gasteiger partial charge is 0.254 e. The molecule has 1 aliphatic heterocycles. The Kier molecular flexibility index (Phi) is 3.75. The van der Waals surface area contributed by atoms with E-state index in [1.54, 1.807) is 0 Å². The van der Waals surface area contributed by atoms with Crippen LogP contribution in [-0.4, -0.2) is 28.9 Å². The maximum atomic E-state index is 12.8. The molecule has 0 radical (unpaired) electrons. The Morgan fingerprint density at radius 2 is 1.90 bits per heavy atom. The van der Waals surface area contributed by atoms with Crippen molar-refractivity contribution in [3.63, 3.8) is 0 Å². The summed E-state index contributed by atoms with van der Waals surface area (Å²) in [5.74, 6) is 0.181. The summed E-state index contributed by atoms with van der Waals surface area (Å²) >= 11 is 0. The van der Waals surface area contributed by atoms with Crippen molar-refractivity contribution in [2.75, 3.05) is 13.1 Å². The van der Waals surface area contributed by atoms with Gasteiger partial charge >= 0.3 is 0 Å². The first-order valence-corrected chi connectivity index (χ1v) is 8.04. The summed E-state index contributed by atoms with van der Waals surface area (Å²) in [6.07, 6.45) is 6.61. The quantitative estimate of drug-likeness (QED) is 0.900. The monoisotopic (exact) mass is 284 g/mol. The first kappa shape index (κ1) is 14.2. The predicted octanol–water partition coefficient (Wildman–Crippen LogP) is 4.21. The SMILES string of the molecule is CCC1(CC)CCN(C(=O)c2cccc3[nH]ccc23)CC1. The van der Waals surface area contributed by atoms with Crippen molar-refractivity contribution in [2.45, 2.75) is 39.5 Å². The molecule has 0 bridgehead atoms. The Morgan fingerprint density at radius 1 is 1.19 bits per heavy atom. The van der Waals surface area contributed by atoms with Crippen LogP contribution in [0.15, 0.2) is 30.5 Å². The zero-order valence-corrected chi connectivity index (χ0v) is 13.0. The minimum absolute atomic E-state index is 0.181. The number of carbonyl (C=O) groups is 1. The van der Waals surface area contributed by atoms with Crippen molar-refractivity contribution >= 4 is 16.8 Å². The van der Waals surface area contributed by atoms with Crippen molar-refractivity contribution < 1.29 is 4.79 Å². The second-order valence-corrected chi connectivity index (χ2v) is 6.24. The van der Waals surface area contributed by atoms with Gasteiger partial charge in [-0.05, 0) is 36.5 Å². The molecule has 21 heavy (non-hydrogen) atoms. The molecule has 0 aliphatic carbocycles. The topological polar surface area (TPSA) is 36.1 Å². The molecule has 1 fully saturated rings. The Labute approximate surface area is 126 Å². The van der Waals surface area contributed by atoms with Crippen LogP contribution < -0.4 is 0 Å². The zero-order valence-electron chi connectivity index (χ0n) is 13.0. The molecule has 0 spiro atoms. The number of H-pyrrole nitrogens is 1. The molecule has 112 valence electrons.